The second-order valence-electron chi connectivity index (χ2n) is 2.48. The molecule has 0 aromatic carbocycles. The Labute approximate surface area is 81.3 Å². The number of allylic oxidation sites excluding steroid dienone is 2. The van der Waals surface area contributed by atoms with E-state index in [-0.39, 0.29) is 0 Å². The third-order valence-electron chi connectivity index (χ3n) is 1.52. The van der Waals surface area contributed by atoms with Crippen molar-refractivity contribution in [3.63, 3.8) is 0 Å². The summed E-state index contributed by atoms with van der Waals surface area (Å²) < 4.78 is 10.5. The van der Waals surface area contributed by atoms with Crippen molar-refractivity contribution < 1.29 is 9.47 Å². The maximum Gasteiger partial charge on any atom is 0.188 e. The summed E-state index contributed by atoms with van der Waals surface area (Å²) >= 11 is 0. The molecule has 0 aromatic heterocycles. The van der Waals surface area contributed by atoms with Crippen molar-refractivity contribution in [2.24, 2.45) is 9.98 Å². The zero-order valence-corrected chi connectivity index (χ0v) is 7.33. The number of nitrogens with zero attached hydrogens (tertiary/aromatic N) is 2. The van der Waals surface area contributed by atoms with Gasteiger partial charge in [-0.15, -0.1) is 0 Å². The van der Waals surface area contributed by atoms with E-state index in [1.165, 1.54) is 12.5 Å². The quantitative estimate of drug-likeness (QED) is 0.630. The molecule has 4 heteroatoms. The summed E-state index contributed by atoms with van der Waals surface area (Å²) in [6.07, 6.45) is 12.9. The highest BCUT2D eigenvalue weighted by molar-refractivity contribution is 5.72. The van der Waals surface area contributed by atoms with Crippen molar-refractivity contribution in [3.05, 3.63) is 48.6 Å². The fourth-order valence-corrected chi connectivity index (χ4v) is 0.921. The van der Waals surface area contributed by atoms with Gasteiger partial charge in [0, 0.05) is 12.4 Å². The van der Waals surface area contributed by atoms with Crippen molar-refractivity contribution in [2.45, 2.75) is 0 Å². The molecular formula is C10H8N2O2. The molecule has 2 heterocycles. The molecule has 0 radical (unpaired) electrons. The zero-order valence-electron chi connectivity index (χ0n) is 7.33. The second-order valence-corrected chi connectivity index (χ2v) is 2.48. The fraction of sp³-hybridized carbons (Fsp3) is 0. The van der Waals surface area contributed by atoms with Gasteiger partial charge in [0.2, 0.25) is 0 Å². The maximum absolute atomic E-state index is 5.25. The molecule has 0 amide bonds. The van der Waals surface area contributed by atoms with Crippen molar-refractivity contribution in [2.75, 3.05) is 0 Å². The Hall–Kier alpha value is -2.10. The molecule has 0 saturated carbocycles. The van der Waals surface area contributed by atoms with Gasteiger partial charge in [0.25, 0.3) is 0 Å². The first-order chi connectivity index (χ1) is 6.97. The van der Waals surface area contributed by atoms with Crippen LogP contribution in [0.25, 0.3) is 0 Å². The SMILES string of the molecule is C1=COC(C2=CN=CC=CO2)=CN=C1. The van der Waals surface area contributed by atoms with Gasteiger partial charge < -0.3 is 9.47 Å². The van der Waals surface area contributed by atoms with Gasteiger partial charge in [-0.2, -0.15) is 0 Å². The van der Waals surface area contributed by atoms with Crippen LogP contribution in [-0.2, 0) is 9.47 Å². The van der Waals surface area contributed by atoms with Crippen LogP contribution in [0.15, 0.2) is 58.6 Å². The van der Waals surface area contributed by atoms with E-state index in [2.05, 4.69) is 9.98 Å². The first-order valence-corrected chi connectivity index (χ1v) is 4.07. The first kappa shape index (κ1) is 8.50. The van der Waals surface area contributed by atoms with Crippen LogP contribution in [0.5, 0.6) is 0 Å². The summed E-state index contributed by atoms with van der Waals surface area (Å²) in [4.78, 5) is 7.92. The van der Waals surface area contributed by atoms with Crippen molar-refractivity contribution >= 4 is 12.4 Å². The predicted molar refractivity (Wildman–Crippen MR) is 53.6 cm³/mol. The Kier molecular flexibility index (Phi) is 2.56. The van der Waals surface area contributed by atoms with Gasteiger partial charge in [-0.1, -0.05) is 0 Å². The summed E-state index contributed by atoms with van der Waals surface area (Å²) in [5.74, 6) is 1.05. The van der Waals surface area contributed by atoms with Crippen LogP contribution in [0, 0.1) is 0 Å². The molecule has 0 fully saturated rings. The van der Waals surface area contributed by atoms with Gasteiger partial charge in [-0.3, -0.25) is 9.98 Å². The summed E-state index contributed by atoms with van der Waals surface area (Å²) in [6.45, 7) is 0. The highest BCUT2D eigenvalue weighted by Crippen LogP contribution is 2.16. The van der Waals surface area contributed by atoms with Crippen LogP contribution >= 0.6 is 0 Å². The van der Waals surface area contributed by atoms with Crippen LogP contribution in [0.1, 0.15) is 0 Å². The van der Waals surface area contributed by atoms with E-state index in [0.29, 0.717) is 11.5 Å². The predicted octanol–water partition coefficient (Wildman–Crippen LogP) is 1.90. The third kappa shape index (κ3) is 1.98. The molecule has 0 bridgehead atoms. The Morgan fingerprint density at radius 1 is 0.786 bits per heavy atom. The number of aliphatic imine (C=N–C) groups is 2. The lowest BCUT2D eigenvalue weighted by atomic mass is 10.4. The molecule has 2 aliphatic rings. The van der Waals surface area contributed by atoms with Gasteiger partial charge >= 0.3 is 0 Å². The summed E-state index contributed by atoms with van der Waals surface area (Å²) in [6, 6.07) is 0. The largest absolute Gasteiger partial charge is 0.459 e. The van der Waals surface area contributed by atoms with E-state index in [1.54, 1.807) is 37.0 Å². The molecule has 0 unspecified atom stereocenters. The maximum atomic E-state index is 5.25. The van der Waals surface area contributed by atoms with Gasteiger partial charge in [-0.25, -0.2) is 0 Å². The molecule has 0 atom stereocenters. The van der Waals surface area contributed by atoms with E-state index in [4.69, 9.17) is 9.47 Å². The average Bonchev–Trinajstić information content (AvgIpc) is 2.62. The molecule has 2 rings (SSSR count). The number of ether oxygens (including phenoxy) is 2. The molecule has 70 valence electrons. The normalized spacial score (nSPS) is 18.9. The number of hydrogen-bond donors (Lipinski definition) is 0. The number of hydrogen-bond acceptors (Lipinski definition) is 4. The Bertz CT molecular complexity index is 349. The van der Waals surface area contributed by atoms with E-state index >= 15 is 0 Å². The first-order valence-electron chi connectivity index (χ1n) is 4.07. The van der Waals surface area contributed by atoms with Gasteiger partial charge in [-0.05, 0) is 12.2 Å². The van der Waals surface area contributed by atoms with Crippen LogP contribution in [0.4, 0.5) is 0 Å². The van der Waals surface area contributed by atoms with Crippen molar-refractivity contribution in [3.8, 4) is 0 Å². The smallest absolute Gasteiger partial charge is 0.188 e. The monoisotopic (exact) mass is 188 g/mol. The van der Waals surface area contributed by atoms with Crippen LogP contribution < -0.4 is 0 Å². The van der Waals surface area contributed by atoms with Crippen molar-refractivity contribution in [1.82, 2.24) is 0 Å². The van der Waals surface area contributed by atoms with Gasteiger partial charge in [0.05, 0.1) is 24.9 Å². The zero-order chi connectivity index (χ0) is 9.64. The Balaban J connectivity index is 2.22. The third-order valence-corrected chi connectivity index (χ3v) is 1.52. The molecule has 0 spiro atoms. The average molecular weight is 188 g/mol. The summed E-state index contributed by atoms with van der Waals surface area (Å²) in [7, 11) is 0. The van der Waals surface area contributed by atoms with Crippen LogP contribution in [0.2, 0.25) is 0 Å². The lowest BCUT2D eigenvalue weighted by Gasteiger charge is -2.06. The van der Waals surface area contributed by atoms with E-state index in [0.717, 1.165) is 0 Å². The summed E-state index contributed by atoms with van der Waals surface area (Å²) in [5, 5.41) is 0. The highest BCUT2D eigenvalue weighted by Gasteiger charge is 2.07. The molecule has 0 N–H and O–H groups in total. The molecule has 14 heavy (non-hydrogen) atoms. The minimum atomic E-state index is 0.527. The van der Waals surface area contributed by atoms with Crippen LogP contribution in [-0.4, -0.2) is 12.4 Å². The molecule has 0 saturated heterocycles. The summed E-state index contributed by atoms with van der Waals surface area (Å²) in [5.41, 5.74) is 0. The second kappa shape index (κ2) is 4.23. The van der Waals surface area contributed by atoms with Gasteiger partial charge in [0.15, 0.2) is 11.5 Å². The molecule has 4 nitrogen and oxygen atoms in total. The standard InChI is InChI=1S/C10H8N2O2/c1-3-11-7-9(13-5-1)10-8-12-4-2-6-14-10/h1-8H. The Morgan fingerprint density at radius 3 is 1.79 bits per heavy atom. The molecule has 0 aliphatic carbocycles. The van der Waals surface area contributed by atoms with Crippen LogP contribution in [0.3, 0.4) is 0 Å². The topological polar surface area (TPSA) is 43.2 Å². The minimum Gasteiger partial charge on any atom is -0.459 e. The molecular weight excluding hydrogens is 180 g/mol. The van der Waals surface area contributed by atoms with Gasteiger partial charge in [0.1, 0.15) is 0 Å². The highest BCUT2D eigenvalue weighted by atomic mass is 16.5. The van der Waals surface area contributed by atoms with E-state index < -0.39 is 0 Å². The lowest BCUT2D eigenvalue weighted by Crippen LogP contribution is -1.92. The Morgan fingerprint density at radius 2 is 1.29 bits per heavy atom. The molecule has 2 aliphatic heterocycles. The van der Waals surface area contributed by atoms with E-state index in [9.17, 15) is 0 Å². The minimum absolute atomic E-state index is 0.527. The lowest BCUT2D eigenvalue weighted by molar-refractivity contribution is 0.275. The number of rotatable bonds is 1. The molecule has 0 aromatic rings. The van der Waals surface area contributed by atoms with E-state index in [1.807, 2.05) is 0 Å². The van der Waals surface area contributed by atoms with Crippen molar-refractivity contribution in [1.29, 1.82) is 0 Å². The fourth-order valence-electron chi connectivity index (χ4n) is 0.921.